The summed E-state index contributed by atoms with van der Waals surface area (Å²) < 4.78 is 5.27. The largest absolute Gasteiger partial charge is 0.462 e. The van der Waals surface area contributed by atoms with Crippen LogP contribution in [0.25, 0.3) is 0 Å². The lowest BCUT2D eigenvalue weighted by Gasteiger charge is -2.09. The number of esters is 1. The van der Waals surface area contributed by atoms with Crippen LogP contribution in [0.5, 0.6) is 0 Å². The van der Waals surface area contributed by atoms with Crippen LogP contribution in [0.15, 0.2) is 24.3 Å². The Labute approximate surface area is 140 Å². The molecule has 1 N–H and O–H groups in total. The van der Waals surface area contributed by atoms with Gasteiger partial charge < -0.3 is 10.1 Å². The van der Waals surface area contributed by atoms with Crippen molar-refractivity contribution in [2.75, 3.05) is 5.32 Å². The fourth-order valence-corrected chi connectivity index (χ4v) is 2.81. The molecule has 0 unspecified atom stereocenters. The molecule has 0 aliphatic carbocycles. The van der Waals surface area contributed by atoms with Gasteiger partial charge in [0.05, 0.1) is 17.3 Å². The number of benzene rings is 1. The van der Waals surface area contributed by atoms with E-state index in [-0.39, 0.29) is 36.0 Å². The van der Waals surface area contributed by atoms with Crippen LogP contribution in [0.4, 0.5) is 11.4 Å². The number of hydrogen-bond donors (Lipinski definition) is 1. The molecule has 1 aliphatic heterocycles. The number of rotatable bonds is 8. The molecule has 24 heavy (non-hydrogen) atoms. The second-order valence-corrected chi connectivity index (χ2v) is 6.04. The molecule has 0 radical (unpaired) electrons. The first-order chi connectivity index (χ1) is 11.5. The van der Waals surface area contributed by atoms with E-state index in [1.165, 1.54) is 24.3 Å². The number of nitrogens with zero attached hydrogens (tertiary/aromatic N) is 1. The number of nitro groups is 1. The minimum atomic E-state index is -0.498. The van der Waals surface area contributed by atoms with Crippen LogP contribution in [0.1, 0.15) is 45.4 Å². The van der Waals surface area contributed by atoms with Gasteiger partial charge in [-0.25, -0.2) is 0 Å². The van der Waals surface area contributed by atoms with Gasteiger partial charge in [0.1, 0.15) is 6.10 Å². The summed E-state index contributed by atoms with van der Waals surface area (Å²) >= 11 is 0. The van der Waals surface area contributed by atoms with Crippen molar-refractivity contribution in [2.45, 2.75) is 51.6 Å². The highest BCUT2D eigenvalue weighted by Gasteiger charge is 2.34. The Hall–Kier alpha value is -2.44. The fraction of sp³-hybridized carbons (Fsp3) is 0.529. The zero-order chi connectivity index (χ0) is 17.5. The number of hydrogen-bond acceptors (Lipinski definition) is 5. The Morgan fingerprint density at radius 1 is 1.33 bits per heavy atom. The zero-order valence-electron chi connectivity index (χ0n) is 13.7. The zero-order valence-corrected chi connectivity index (χ0v) is 13.7. The Balaban J connectivity index is 1.80. The van der Waals surface area contributed by atoms with Crippen LogP contribution in [-0.4, -0.2) is 22.9 Å². The van der Waals surface area contributed by atoms with Crippen LogP contribution in [0.3, 0.4) is 0 Å². The van der Waals surface area contributed by atoms with Crippen LogP contribution < -0.4 is 5.32 Å². The fourth-order valence-electron chi connectivity index (χ4n) is 2.81. The van der Waals surface area contributed by atoms with Gasteiger partial charge in [-0.2, -0.15) is 0 Å². The van der Waals surface area contributed by atoms with Crippen molar-refractivity contribution in [3.8, 4) is 0 Å². The number of anilines is 1. The van der Waals surface area contributed by atoms with E-state index in [4.69, 9.17) is 4.74 Å². The molecule has 1 fully saturated rings. The predicted molar refractivity (Wildman–Crippen MR) is 88.5 cm³/mol. The van der Waals surface area contributed by atoms with Crippen molar-refractivity contribution >= 4 is 23.3 Å². The molecule has 0 saturated carbocycles. The van der Waals surface area contributed by atoms with Crippen LogP contribution in [-0.2, 0) is 14.3 Å². The highest BCUT2D eigenvalue weighted by atomic mass is 16.6. The Morgan fingerprint density at radius 2 is 2.04 bits per heavy atom. The first-order valence-corrected chi connectivity index (χ1v) is 8.24. The van der Waals surface area contributed by atoms with Gasteiger partial charge in [0.2, 0.25) is 5.91 Å². The van der Waals surface area contributed by atoms with E-state index in [2.05, 4.69) is 12.2 Å². The van der Waals surface area contributed by atoms with E-state index < -0.39 is 4.92 Å². The lowest BCUT2D eigenvalue weighted by atomic mass is 9.97. The molecular weight excluding hydrogens is 312 g/mol. The average molecular weight is 334 g/mol. The van der Waals surface area contributed by atoms with Crippen LogP contribution in [0.2, 0.25) is 0 Å². The number of non-ortho nitro benzene ring substituents is 1. The molecular formula is C17H22N2O5. The average Bonchev–Trinajstić information content (AvgIpc) is 2.87. The minimum absolute atomic E-state index is 0.0346. The van der Waals surface area contributed by atoms with Gasteiger partial charge in [-0.3, -0.25) is 19.7 Å². The molecule has 7 heteroatoms. The highest BCUT2D eigenvalue weighted by molar-refractivity contribution is 5.91. The van der Waals surface area contributed by atoms with Crippen molar-refractivity contribution in [1.82, 2.24) is 0 Å². The van der Waals surface area contributed by atoms with Crippen molar-refractivity contribution in [2.24, 2.45) is 5.92 Å². The summed E-state index contributed by atoms with van der Waals surface area (Å²) in [5, 5.41) is 13.3. The molecule has 0 aromatic heterocycles. The summed E-state index contributed by atoms with van der Waals surface area (Å²) in [6.07, 6.45) is 4.30. The quantitative estimate of drug-likeness (QED) is 0.340. The number of nitro benzene ring substituents is 1. The number of amides is 1. The molecule has 130 valence electrons. The second-order valence-electron chi connectivity index (χ2n) is 6.04. The maximum Gasteiger partial charge on any atom is 0.309 e. The summed E-state index contributed by atoms with van der Waals surface area (Å²) in [4.78, 5) is 33.9. The van der Waals surface area contributed by atoms with Gasteiger partial charge in [0.25, 0.3) is 5.69 Å². The van der Waals surface area contributed by atoms with E-state index in [9.17, 15) is 19.7 Å². The third-order valence-electron chi connectivity index (χ3n) is 4.09. The first-order valence-electron chi connectivity index (χ1n) is 8.24. The van der Waals surface area contributed by atoms with E-state index in [0.717, 1.165) is 25.7 Å². The minimum Gasteiger partial charge on any atom is -0.462 e. The molecule has 2 rings (SSSR count). The predicted octanol–water partition coefficient (Wildman–Crippen LogP) is 3.44. The lowest BCUT2D eigenvalue weighted by Crippen LogP contribution is -2.19. The molecule has 0 bridgehead atoms. The molecule has 0 spiro atoms. The maximum absolute atomic E-state index is 12.0. The number of carbonyl (C=O) groups excluding carboxylic acids is 2. The molecule has 1 aromatic rings. The summed E-state index contributed by atoms with van der Waals surface area (Å²) in [6, 6.07) is 5.61. The first kappa shape index (κ1) is 17.9. The number of ether oxygens (including phenoxy) is 1. The number of nitrogens with one attached hydrogen (secondary N) is 1. The second kappa shape index (κ2) is 8.42. The number of unbranched alkanes of at least 4 members (excludes halogenated alkanes) is 2. The van der Waals surface area contributed by atoms with Gasteiger partial charge in [0, 0.05) is 17.8 Å². The SMILES string of the molecule is CCCCC[C@@H]1C[C@@H](CC(=O)Nc2ccc([N+](=O)[O-])cc2)OC1=O. The van der Waals surface area contributed by atoms with Gasteiger partial charge in [-0.05, 0) is 25.0 Å². The molecule has 1 aliphatic rings. The Morgan fingerprint density at radius 3 is 2.67 bits per heavy atom. The van der Waals surface area contributed by atoms with Crippen molar-refractivity contribution in [3.63, 3.8) is 0 Å². The van der Waals surface area contributed by atoms with Gasteiger partial charge in [0.15, 0.2) is 0 Å². The molecule has 1 saturated heterocycles. The number of cyclic esters (lactones) is 1. The Bertz CT molecular complexity index is 600. The molecule has 1 heterocycles. The summed E-state index contributed by atoms with van der Waals surface area (Å²) in [6.45, 7) is 2.11. The van der Waals surface area contributed by atoms with Crippen LogP contribution in [0, 0.1) is 16.0 Å². The topological polar surface area (TPSA) is 98.5 Å². The van der Waals surface area contributed by atoms with Gasteiger partial charge in [-0.15, -0.1) is 0 Å². The third-order valence-corrected chi connectivity index (χ3v) is 4.09. The van der Waals surface area contributed by atoms with Crippen LogP contribution >= 0.6 is 0 Å². The number of carbonyl (C=O) groups is 2. The molecule has 1 amide bonds. The normalized spacial score (nSPS) is 19.8. The lowest BCUT2D eigenvalue weighted by molar-refractivity contribution is -0.384. The maximum atomic E-state index is 12.0. The smallest absolute Gasteiger partial charge is 0.309 e. The van der Waals surface area contributed by atoms with E-state index in [1.807, 2.05) is 0 Å². The Kier molecular flexibility index (Phi) is 6.28. The van der Waals surface area contributed by atoms with E-state index in [1.54, 1.807) is 0 Å². The standard InChI is InChI=1S/C17H22N2O5/c1-2-3-4-5-12-10-15(24-17(12)21)11-16(20)18-13-6-8-14(9-7-13)19(22)23/h6-9,12,15H,2-5,10-11H2,1H3,(H,18,20)/t12-,15+/m1/s1. The summed E-state index contributed by atoms with van der Waals surface area (Å²) in [7, 11) is 0. The third kappa shape index (κ3) is 5.04. The van der Waals surface area contributed by atoms with Crippen molar-refractivity contribution in [3.05, 3.63) is 34.4 Å². The van der Waals surface area contributed by atoms with Gasteiger partial charge in [-0.1, -0.05) is 26.2 Å². The van der Waals surface area contributed by atoms with Gasteiger partial charge >= 0.3 is 5.97 Å². The van der Waals surface area contributed by atoms with E-state index >= 15 is 0 Å². The molecule has 1 aromatic carbocycles. The summed E-state index contributed by atoms with van der Waals surface area (Å²) in [5.41, 5.74) is 0.446. The van der Waals surface area contributed by atoms with Crippen molar-refractivity contribution in [1.29, 1.82) is 0 Å². The molecule has 7 nitrogen and oxygen atoms in total. The highest BCUT2D eigenvalue weighted by Crippen LogP contribution is 2.28. The molecule has 2 atom stereocenters. The summed E-state index contributed by atoms with van der Waals surface area (Å²) in [5.74, 6) is -0.580. The van der Waals surface area contributed by atoms with E-state index in [0.29, 0.717) is 12.1 Å². The monoisotopic (exact) mass is 334 g/mol. The van der Waals surface area contributed by atoms with Crippen molar-refractivity contribution < 1.29 is 19.2 Å².